The largest absolute Gasteiger partial charge is 0.339 e. The van der Waals surface area contributed by atoms with E-state index < -0.39 is 0 Å². The van der Waals surface area contributed by atoms with E-state index in [2.05, 4.69) is 39.2 Å². The molecule has 2 N–H and O–H groups in total. The number of aromatic nitrogens is 6. The fourth-order valence-electron chi connectivity index (χ4n) is 4.07. The molecular weight excluding hydrogens is 426 g/mol. The molecule has 0 fully saturated rings. The summed E-state index contributed by atoms with van der Waals surface area (Å²) in [4.78, 5) is 20.2. The van der Waals surface area contributed by atoms with Crippen molar-refractivity contribution in [3.63, 3.8) is 0 Å². The molecule has 170 valence electrons. The Hall–Kier alpha value is -4.46. The van der Waals surface area contributed by atoms with E-state index in [-0.39, 0.29) is 5.91 Å². The summed E-state index contributed by atoms with van der Waals surface area (Å²) in [7, 11) is 3.82. The van der Waals surface area contributed by atoms with Crippen LogP contribution in [0.5, 0.6) is 0 Å². The van der Waals surface area contributed by atoms with E-state index in [1.807, 2.05) is 69.4 Å². The third-order valence-corrected chi connectivity index (χ3v) is 6.02. The van der Waals surface area contributed by atoms with E-state index in [9.17, 15) is 4.79 Å². The van der Waals surface area contributed by atoms with Gasteiger partial charge in [0.1, 0.15) is 5.65 Å². The zero-order valence-electron chi connectivity index (χ0n) is 19.5. The summed E-state index contributed by atoms with van der Waals surface area (Å²) in [6.45, 7) is 7.54. The molecule has 1 aromatic carbocycles. The lowest BCUT2D eigenvalue weighted by atomic mass is 9.97. The Bertz CT molecular complexity index is 1550. The minimum absolute atomic E-state index is 0.249. The van der Waals surface area contributed by atoms with Gasteiger partial charge in [-0.2, -0.15) is 10.2 Å². The Morgan fingerprint density at radius 2 is 1.91 bits per heavy atom. The lowest BCUT2D eigenvalue weighted by Crippen LogP contribution is -2.08. The number of hydrogen-bond acceptors (Lipinski definition) is 4. The maximum Gasteiger partial charge on any atom is 0.247 e. The molecule has 0 aliphatic heterocycles. The summed E-state index contributed by atoms with van der Waals surface area (Å²) in [5.41, 5.74) is 9.13. The van der Waals surface area contributed by atoms with Gasteiger partial charge >= 0.3 is 0 Å². The molecule has 0 aliphatic rings. The number of anilines is 1. The number of pyridine rings is 1. The van der Waals surface area contributed by atoms with Gasteiger partial charge in [-0.3, -0.25) is 14.2 Å². The molecule has 8 heteroatoms. The number of aryl methyl sites for hydroxylation is 4. The summed E-state index contributed by atoms with van der Waals surface area (Å²) < 4.78 is 3.62. The van der Waals surface area contributed by atoms with Gasteiger partial charge in [0, 0.05) is 59.9 Å². The smallest absolute Gasteiger partial charge is 0.247 e. The number of carbonyl (C=O) groups is 1. The topological polar surface area (TPSA) is 93.4 Å². The van der Waals surface area contributed by atoms with Gasteiger partial charge in [-0.25, -0.2) is 4.98 Å². The highest BCUT2D eigenvalue weighted by Crippen LogP contribution is 2.40. The maximum atomic E-state index is 12.0. The number of nitrogens with one attached hydrogen (secondary N) is 2. The number of aromatic amines is 1. The number of fused-ring (bicyclic) bond motifs is 1. The average molecular weight is 452 g/mol. The fraction of sp³-hybridized carbons (Fsp3) is 0.154. The molecule has 0 unspecified atom stereocenters. The molecule has 4 heterocycles. The highest BCUT2D eigenvalue weighted by atomic mass is 16.1. The maximum absolute atomic E-state index is 12.0. The van der Waals surface area contributed by atoms with Crippen LogP contribution in [0, 0.1) is 13.8 Å². The number of benzene rings is 1. The van der Waals surface area contributed by atoms with E-state index in [1.165, 1.54) is 6.08 Å². The summed E-state index contributed by atoms with van der Waals surface area (Å²) >= 11 is 0. The number of H-pyrrole nitrogens is 1. The highest BCUT2D eigenvalue weighted by molar-refractivity contribution is 6.05. The van der Waals surface area contributed by atoms with Crippen LogP contribution in [0.2, 0.25) is 0 Å². The standard InChI is InChI=1S/C26H25N7O/c1-6-23(34)29-21-11-17(8-7-15(21)2)24-20-10-18(22-9-16(3)33(5)31-22)12-27-26(20)30-25(24)19-13-28-32(4)14-19/h6-14H,1H2,2-5H3,(H,27,30)(H,29,34). The lowest BCUT2D eigenvalue weighted by molar-refractivity contribution is -0.111. The number of rotatable bonds is 5. The SMILES string of the molecule is C=CC(=O)Nc1cc(-c2c(-c3cnn(C)c3)[nH]c3ncc(-c4cc(C)n(C)n4)cc23)ccc1C. The van der Waals surface area contributed by atoms with Crippen LogP contribution in [-0.2, 0) is 18.9 Å². The summed E-state index contributed by atoms with van der Waals surface area (Å²) in [6, 6.07) is 10.2. The van der Waals surface area contributed by atoms with Crippen LogP contribution >= 0.6 is 0 Å². The molecule has 0 aliphatic carbocycles. The van der Waals surface area contributed by atoms with Gasteiger partial charge in [-0.15, -0.1) is 0 Å². The molecule has 4 aromatic heterocycles. The van der Waals surface area contributed by atoms with Crippen molar-refractivity contribution in [3.05, 3.63) is 72.8 Å². The van der Waals surface area contributed by atoms with Crippen LogP contribution < -0.4 is 5.32 Å². The molecular formula is C26H25N7O. The molecule has 1 amide bonds. The van der Waals surface area contributed by atoms with Gasteiger partial charge in [-0.1, -0.05) is 18.7 Å². The molecule has 0 bridgehead atoms. The molecule has 8 nitrogen and oxygen atoms in total. The van der Waals surface area contributed by atoms with Crippen molar-refractivity contribution in [2.24, 2.45) is 14.1 Å². The molecule has 0 atom stereocenters. The van der Waals surface area contributed by atoms with Crippen LogP contribution in [0.1, 0.15) is 11.3 Å². The van der Waals surface area contributed by atoms with Crippen molar-refractivity contribution in [3.8, 4) is 33.6 Å². The van der Waals surface area contributed by atoms with Crippen molar-refractivity contribution in [1.82, 2.24) is 29.5 Å². The molecule has 5 rings (SSSR count). The molecule has 0 radical (unpaired) electrons. The van der Waals surface area contributed by atoms with E-state index in [4.69, 9.17) is 4.98 Å². The van der Waals surface area contributed by atoms with E-state index in [0.29, 0.717) is 0 Å². The van der Waals surface area contributed by atoms with Gasteiger partial charge < -0.3 is 10.3 Å². The third-order valence-electron chi connectivity index (χ3n) is 6.02. The van der Waals surface area contributed by atoms with Gasteiger partial charge in [0.25, 0.3) is 0 Å². The summed E-state index contributed by atoms with van der Waals surface area (Å²) in [5, 5.41) is 12.8. The van der Waals surface area contributed by atoms with Crippen LogP contribution in [0.15, 0.2) is 61.6 Å². The normalized spacial score (nSPS) is 11.2. The molecule has 5 aromatic rings. The van der Waals surface area contributed by atoms with E-state index in [1.54, 1.807) is 4.68 Å². The predicted octanol–water partition coefficient (Wildman–Crippen LogP) is 4.77. The zero-order chi connectivity index (χ0) is 24.0. The fourth-order valence-corrected chi connectivity index (χ4v) is 4.07. The first-order chi connectivity index (χ1) is 16.3. The van der Waals surface area contributed by atoms with E-state index >= 15 is 0 Å². The molecule has 0 saturated heterocycles. The predicted molar refractivity (Wildman–Crippen MR) is 134 cm³/mol. The second-order valence-electron chi connectivity index (χ2n) is 8.42. The van der Waals surface area contributed by atoms with Gasteiger partial charge in [0.05, 0.1) is 17.6 Å². The zero-order valence-corrected chi connectivity index (χ0v) is 19.5. The van der Waals surface area contributed by atoms with Crippen LogP contribution in [0.3, 0.4) is 0 Å². The minimum Gasteiger partial charge on any atom is -0.339 e. The minimum atomic E-state index is -0.249. The van der Waals surface area contributed by atoms with Gasteiger partial charge in [0.2, 0.25) is 5.91 Å². The van der Waals surface area contributed by atoms with Crippen molar-refractivity contribution in [2.45, 2.75) is 13.8 Å². The number of amides is 1. The second-order valence-corrected chi connectivity index (χ2v) is 8.42. The Morgan fingerprint density at radius 3 is 2.59 bits per heavy atom. The number of nitrogens with zero attached hydrogens (tertiary/aromatic N) is 5. The van der Waals surface area contributed by atoms with Crippen LogP contribution in [-0.4, -0.2) is 35.4 Å². The first-order valence-electron chi connectivity index (χ1n) is 10.9. The molecule has 0 spiro atoms. The quantitative estimate of drug-likeness (QED) is 0.376. The monoisotopic (exact) mass is 451 g/mol. The Kier molecular flexibility index (Phi) is 5.13. The Labute approximate surface area is 197 Å². The number of hydrogen-bond donors (Lipinski definition) is 2. The summed E-state index contributed by atoms with van der Waals surface area (Å²) in [6.07, 6.45) is 6.89. The van der Waals surface area contributed by atoms with Crippen molar-refractivity contribution < 1.29 is 4.79 Å². The number of carbonyl (C=O) groups excluding carboxylic acids is 1. The summed E-state index contributed by atoms with van der Waals surface area (Å²) in [5.74, 6) is -0.249. The first-order valence-corrected chi connectivity index (χ1v) is 10.9. The van der Waals surface area contributed by atoms with Crippen molar-refractivity contribution in [2.75, 3.05) is 5.32 Å². The molecule has 34 heavy (non-hydrogen) atoms. The van der Waals surface area contributed by atoms with Crippen LogP contribution in [0.4, 0.5) is 5.69 Å². The van der Waals surface area contributed by atoms with Gasteiger partial charge in [0.15, 0.2) is 0 Å². The van der Waals surface area contributed by atoms with Crippen molar-refractivity contribution >= 4 is 22.6 Å². The van der Waals surface area contributed by atoms with Gasteiger partial charge in [-0.05, 0) is 49.2 Å². The Balaban J connectivity index is 1.75. The van der Waals surface area contributed by atoms with Crippen LogP contribution in [0.25, 0.3) is 44.7 Å². The molecule has 0 saturated carbocycles. The third kappa shape index (κ3) is 3.69. The lowest BCUT2D eigenvalue weighted by Gasteiger charge is -2.11. The first kappa shape index (κ1) is 21.4. The van der Waals surface area contributed by atoms with E-state index in [0.717, 1.165) is 61.6 Å². The average Bonchev–Trinajstić information content (AvgIpc) is 3.51. The second kappa shape index (κ2) is 8.15. The Morgan fingerprint density at radius 1 is 1.09 bits per heavy atom. The van der Waals surface area contributed by atoms with Crippen molar-refractivity contribution in [1.29, 1.82) is 0 Å². The highest BCUT2D eigenvalue weighted by Gasteiger charge is 2.19.